The van der Waals surface area contributed by atoms with E-state index in [1.165, 1.54) is 18.6 Å². The summed E-state index contributed by atoms with van der Waals surface area (Å²) in [5.41, 5.74) is 5.95. The van der Waals surface area contributed by atoms with Crippen molar-refractivity contribution < 1.29 is 8.78 Å². The highest BCUT2D eigenvalue weighted by molar-refractivity contribution is 9.10. The third kappa shape index (κ3) is 3.38. The first kappa shape index (κ1) is 15.9. The topological polar surface area (TPSA) is 29.3 Å². The molecule has 0 heterocycles. The highest BCUT2D eigenvalue weighted by atomic mass is 79.9. The summed E-state index contributed by atoms with van der Waals surface area (Å²) in [4.78, 5) is 2.05. The van der Waals surface area contributed by atoms with Gasteiger partial charge in [-0.25, -0.2) is 8.78 Å². The lowest BCUT2D eigenvalue weighted by atomic mass is 9.83. The van der Waals surface area contributed by atoms with Gasteiger partial charge in [0.05, 0.1) is 4.47 Å². The minimum atomic E-state index is -0.503. The highest BCUT2D eigenvalue weighted by Gasteiger charge is 2.28. The van der Waals surface area contributed by atoms with Crippen molar-refractivity contribution in [1.29, 1.82) is 0 Å². The van der Waals surface area contributed by atoms with Gasteiger partial charge in [-0.3, -0.25) is 4.90 Å². The number of nitrogens with zero attached hydrogens (tertiary/aromatic N) is 1. The molecule has 1 fully saturated rings. The van der Waals surface area contributed by atoms with Gasteiger partial charge in [0.1, 0.15) is 11.6 Å². The lowest BCUT2D eigenvalue weighted by molar-refractivity contribution is 0.125. The second-order valence-corrected chi connectivity index (χ2v) is 6.44. The van der Waals surface area contributed by atoms with E-state index in [-0.39, 0.29) is 12.1 Å². The van der Waals surface area contributed by atoms with E-state index < -0.39 is 11.6 Å². The van der Waals surface area contributed by atoms with Crippen LogP contribution >= 0.6 is 15.9 Å². The van der Waals surface area contributed by atoms with Gasteiger partial charge in [-0.05, 0) is 60.4 Å². The van der Waals surface area contributed by atoms with E-state index >= 15 is 0 Å². The molecule has 0 aliphatic heterocycles. The number of halogens is 3. The molecule has 0 bridgehead atoms. The van der Waals surface area contributed by atoms with E-state index in [1.807, 2.05) is 11.9 Å². The largest absolute Gasteiger partial charge is 0.330 e. The lowest BCUT2D eigenvalue weighted by Crippen LogP contribution is -2.42. The van der Waals surface area contributed by atoms with Crippen molar-refractivity contribution in [2.75, 3.05) is 13.6 Å². The number of nitrogens with two attached hydrogens (primary N) is 1. The first-order chi connectivity index (χ1) is 9.54. The predicted molar refractivity (Wildman–Crippen MR) is 80.3 cm³/mol. The minimum Gasteiger partial charge on any atom is -0.330 e. The van der Waals surface area contributed by atoms with Crippen LogP contribution in [0.4, 0.5) is 8.78 Å². The molecule has 0 saturated heterocycles. The van der Waals surface area contributed by atoms with E-state index in [0.29, 0.717) is 23.0 Å². The molecule has 1 aliphatic rings. The number of hydrogen-bond donors (Lipinski definition) is 1. The fourth-order valence-corrected chi connectivity index (χ4v) is 3.50. The van der Waals surface area contributed by atoms with Crippen LogP contribution in [0.15, 0.2) is 16.6 Å². The van der Waals surface area contributed by atoms with Crippen LogP contribution in [0.2, 0.25) is 0 Å². The Morgan fingerprint density at radius 3 is 2.70 bits per heavy atom. The summed E-state index contributed by atoms with van der Waals surface area (Å²) in [5.74, 6) is -0.568. The number of hydrogen-bond acceptors (Lipinski definition) is 2. The molecule has 1 aliphatic carbocycles. The predicted octanol–water partition coefficient (Wildman–Crippen LogP) is 3.68. The minimum absolute atomic E-state index is 0.128. The summed E-state index contributed by atoms with van der Waals surface area (Å²) >= 11 is 3.11. The maximum atomic E-state index is 14.0. The van der Waals surface area contributed by atoms with Crippen molar-refractivity contribution in [2.24, 2.45) is 11.7 Å². The zero-order chi connectivity index (χ0) is 14.7. The van der Waals surface area contributed by atoms with Gasteiger partial charge < -0.3 is 5.73 Å². The van der Waals surface area contributed by atoms with Crippen LogP contribution in [0, 0.1) is 17.6 Å². The van der Waals surface area contributed by atoms with Gasteiger partial charge in [0, 0.05) is 18.2 Å². The average Bonchev–Trinajstić information content (AvgIpc) is 2.47. The fraction of sp³-hybridized carbons (Fsp3) is 0.600. The second kappa shape index (κ2) is 6.96. The van der Waals surface area contributed by atoms with Gasteiger partial charge >= 0.3 is 0 Å². The Morgan fingerprint density at radius 2 is 2.00 bits per heavy atom. The Bertz CT molecular complexity index is 467. The molecule has 20 heavy (non-hydrogen) atoms. The fourth-order valence-electron chi connectivity index (χ4n) is 3.12. The molecule has 0 amide bonds. The Balaban J connectivity index is 2.15. The standard InChI is InChI=1S/C15H21BrF2N2/c1-20(14-5-3-2-4-10(14)8-19)9-11-13(17)7-6-12(16)15(11)18/h6-7,10,14H,2-5,8-9,19H2,1H3. The van der Waals surface area contributed by atoms with Gasteiger partial charge in [-0.2, -0.15) is 0 Å². The highest BCUT2D eigenvalue weighted by Crippen LogP contribution is 2.29. The Kier molecular flexibility index (Phi) is 5.52. The van der Waals surface area contributed by atoms with Gasteiger partial charge in [0.15, 0.2) is 0 Å². The normalized spacial score (nSPS) is 23.3. The maximum absolute atomic E-state index is 14.0. The van der Waals surface area contributed by atoms with Gasteiger partial charge in [0.2, 0.25) is 0 Å². The third-order valence-electron chi connectivity index (χ3n) is 4.28. The van der Waals surface area contributed by atoms with Crippen LogP contribution in [0.5, 0.6) is 0 Å². The Labute approximate surface area is 127 Å². The van der Waals surface area contributed by atoms with Crippen LogP contribution < -0.4 is 5.73 Å². The Morgan fingerprint density at radius 1 is 1.30 bits per heavy atom. The summed E-state index contributed by atoms with van der Waals surface area (Å²) in [6.45, 7) is 0.913. The van der Waals surface area contributed by atoms with Gasteiger partial charge in [-0.1, -0.05) is 12.8 Å². The molecule has 2 atom stereocenters. The summed E-state index contributed by atoms with van der Waals surface area (Å²) in [6, 6.07) is 3.02. The van der Waals surface area contributed by atoms with E-state index in [9.17, 15) is 8.78 Å². The van der Waals surface area contributed by atoms with Crippen molar-refractivity contribution in [1.82, 2.24) is 4.90 Å². The smallest absolute Gasteiger partial charge is 0.144 e. The molecule has 5 heteroatoms. The first-order valence-electron chi connectivity index (χ1n) is 7.07. The van der Waals surface area contributed by atoms with Crippen LogP contribution in [-0.2, 0) is 6.54 Å². The molecule has 2 rings (SSSR count). The second-order valence-electron chi connectivity index (χ2n) is 5.58. The quantitative estimate of drug-likeness (QED) is 0.842. The molecule has 2 unspecified atom stereocenters. The molecule has 1 aromatic carbocycles. The van der Waals surface area contributed by atoms with E-state index in [2.05, 4.69) is 15.9 Å². The van der Waals surface area contributed by atoms with Crippen LogP contribution in [-0.4, -0.2) is 24.5 Å². The molecular formula is C15H21BrF2N2. The van der Waals surface area contributed by atoms with E-state index in [1.54, 1.807) is 0 Å². The molecule has 0 radical (unpaired) electrons. The van der Waals surface area contributed by atoms with Crippen molar-refractivity contribution in [3.05, 3.63) is 33.8 Å². The first-order valence-corrected chi connectivity index (χ1v) is 7.86. The summed E-state index contributed by atoms with van der Waals surface area (Å²) in [7, 11) is 1.93. The number of benzene rings is 1. The molecule has 1 saturated carbocycles. The van der Waals surface area contributed by atoms with Crippen LogP contribution in [0.3, 0.4) is 0 Å². The van der Waals surface area contributed by atoms with Gasteiger partial charge in [-0.15, -0.1) is 0 Å². The molecular weight excluding hydrogens is 326 g/mol. The van der Waals surface area contributed by atoms with E-state index in [0.717, 1.165) is 19.3 Å². The zero-order valence-electron chi connectivity index (χ0n) is 11.7. The van der Waals surface area contributed by atoms with Crippen molar-refractivity contribution in [3.63, 3.8) is 0 Å². The van der Waals surface area contributed by atoms with Crippen LogP contribution in [0.25, 0.3) is 0 Å². The molecule has 0 aromatic heterocycles. The molecule has 2 nitrogen and oxygen atoms in total. The van der Waals surface area contributed by atoms with Crippen molar-refractivity contribution in [3.8, 4) is 0 Å². The maximum Gasteiger partial charge on any atom is 0.144 e. The summed E-state index contributed by atoms with van der Waals surface area (Å²) < 4.78 is 28.2. The third-order valence-corrected chi connectivity index (χ3v) is 4.90. The Hall–Kier alpha value is -0.520. The SMILES string of the molecule is CN(Cc1c(F)ccc(Br)c1F)C1CCCCC1CN. The summed E-state index contributed by atoms with van der Waals surface area (Å²) in [6.07, 6.45) is 4.52. The van der Waals surface area contributed by atoms with E-state index in [4.69, 9.17) is 5.73 Å². The molecule has 0 spiro atoms. The number of rotatable bonds is 4. The lowest BCUT2D eigenvalue weighted by Gasteiger charge is -2.37. The van der Waals surface area contributed by atoms with Gasteiger partial charge in [0.25, 0.3) is 0 Å². The molecule has 1 aromatic rings. The molecule has 112 valence electrons. The van der Waals surface area contributed by atoms with Crippen LogP contribution in [0.1, 0.15) is 31.2 Å². The van der Waals surface area contributed by atoms with Crippen molar-refractivity contribution >= 4 is 15.9 Å². The summed E-state index contributed by atoms with van der Waals surface area (Å²) in [5, 5.41) is 0. The average molecular weight is 347 g/mol. The monoisotopic (exact) mass is 346 g/mol. The molecule has 2 N–H and O–H groups in total. The van der Waals surface area contributed by atoms with Crippen molar-refractivity contribution in [2.45, 2.75) is 38.3 Å². The zero-order valence-corrected chi connectivity index (χ0v) is 13.3.